The maximum Gasteiger partial charge on any atom is 0.224 e. The molecule has 0 aliphatic carbocycles. The highest BCUT2D eigenvalue weighted by Gasteiger charge is 2.16. The Balaban J connectivity index is 1.80. The lowest BCUT2D eigenvalue weighted by Crippen LogP contribution is -2.30. The minimum Gasteiger partial charge on any atom is -0.327 e. The van der Waals surface area contributed by atoms with Gasteiger partial charge in [0.25, 0.3) is 0 Å². The van der Waals surface area contributed by atoms with Crippen LogP contribution < -0.4 is 5.32 Å². The lowest BCUT2D eigenvalue weighted by molar-refractivity contribution is -0.116. The first-order valence-electron chi connectivity index (χ1n) is 9.58. The van der Waals surface area contributed by atoms with E-state index >= 15 is 0 Å². The van der Waals surface area contributed by atoms with Crippen LogP contribution in [-0.4, -0.2) is 33.4 Å². The van der Waals surface area contributed by atoms with E-state index in [1.54, 1.807) is 0 Å². The number of carbonyl (C=O) groups is 1. The number of nitrogens with zero attached hydrogens (tertiary/aromatic N) is 3. The number of likely N-dealkylation sites (tertiary alicyclic amines) is 1. The van der Waals surface area contributed by atoms with Crippen LogP contribution in [0.15, 0.2) is 18.2 Å². The molecule has 0 spiro atoms. The van der Waals surface area contributed by atoms with Crippen LogP contribution in [0.1, 0.15) is 52.3 Å². The number of imidazole rings is 1. The van der Waals surface area contributed by atoms with Gasteiger partial charge in [-0.15, -0.1) is 0 Å². The molecular weight excluding hydrogens is 312 g/mol. The molecule has 0 radical (unpaired) electrons. The molecule has 2 aromatic rings. The Morgan fingerprint density at radius 2 is 2.00 bits per heavy atom. The summed E-state index contributed by atoms with van der Waals surface area (Å²) in [5.74, 6) is 1.56. The molecule has 25 heavy (non-hydrogen) atoms. The molecule has 0 saturated carbocycles. The summed E-state index contributed by atoms with van der Waals surface area (Å²) in [5.41, 5.74) is 2.95. The molecule has 136 valence electrons. The zero-order valence-corrected chi connectivity index (χ0v) is 15.7. The summed E-state index contributed by atoms with van der Waals surface area (Å²) in [7, 11) is 0. The van der Waals surface area contributed by atoms with Gasteiger partial charge >= 0.3 is 0 Å². The lowest BCUT2D eigenvalue weighted by Gasteiger charge is -2.26. The van der Waals surface area contributed by atoms with E-state index in [0.717, 1.165) is 35.6 Å². The maximum atomic E-state index is 12.0. The Kier molecular flexibility index (Phi) is 5.74. The van der Waals surface area contributed by atoms with Crippen molar-refractivity contribution in [2.75, 3.05) is 18.4 Å². The fourth-order valence-electron chi connectivity index (χ4n) is 3.63. The van der Waals surface area contributed by atoms with Gasteiger partial charge in [-0.3, -0.25) is 9.69 Å². The number of hydrogen-bond acceptors (Lipinski definition) is 3. The summed E-state index contributed by atoms with van der Waals surface area (Å²) < 4.78 is 2.30. The van der Waals surface area contributed by atoms with Crippen molar-refractivity contribution in [3.05, 3.63) is 24.0 Å². The van der Waals surface area contributed by atoms with Gasteiger partial charge in [0.1, 0.15) is 5.82 Å². The van der Waals surface area contributed by atoms with E-state index in [-0.39, 0.29) is 5.91 Å². The molecule has 0 bridgehead atoms. The van der Waals surface area contributed by atoms with Gasteiger partial charge < -0.3 is 9.88 Å². The van der Waals surface area contributed by atoms with E-state index < -0.39 is 0 Å². The molecule has 1 aliphatic heterocycles. The van der Waals surface area contributed by atoms with Crippen molar-refractivity contribution in [2.24, 2.45) is 5.92 Å². The van der Waals surface area contributed by atoms with Crippen LogP contribution in [-0.2, 0) is 17.9 Å². The molecule has 1 saturated heterocycles. The van der Waals surface area contributed by atoms with Crippen molar-refractivity contribution in [2.45, 2.75) is 59.5 Å². The zero-order valence-electron chi connectivity index (χ0n) is 15.7. The highest BCUT2D eigenvalue weighted by Crippen LogP contribution is 2.23. The summed E-state index contributed by atoms with van der Waals surface area (Å²) in [6.45, 7) is 10.4. The van der Waals surface area contributed by atoms with Crippen LogP contribution in [0.5, 0.6) is 0 Å². The van der Waals surface area contributed by atoms with Crippen LogP contribution in [0.25, 0.3) is 11.0 Å². The molecule has 1 amide bonds. The van der Waals surface area contributed by atoms with E-state index in [2.05, 4.69) is 41.6 Å². The van der Waals surface area contributed by atoms with Crippen molar-refractivity contribution in [3.8, 4) is 0 Å². The third kappa shape index (κ3) is 4.40. The largest absolute Gasteiger partial charge is 0.327 e. The van der Waals surface area contributed by atoms with Crippen LogP contribution in [0.4, 0.5) is 5.69 Å². The van der Waals surface area contributed by atoms with E-state index in [9.17, 15) is 4.79 Å². The van der Waals surface area contributed by atoms with E-state index in [1.165, 1.54) is 32.4 Å². The minimum atomic E-state index is 0.0674. The normalized spacial score (nSPS) is 15.8. The predicted octanol–water partition coefficient (Wildman–Crippen LogP) is 4.03. The SMILES string of the molecule is CCn1c(CN2CCCCC2)nc2cc(NC(=O)CC(C)C)ccc21. The first kappa shape index (κ1) is 17.9. The molecule has 5 heteroatoms. The van der Waals surface area contributed by atoms with Crippen molar-refractivity contribution >= 4 is 22.6 Å². The Hall–Kier alpha value is -1.88. The Labute approximate surface area is 150 Å². The second-order valence-corrected chi connectivity index (χ2v) is 7.46. The lowest BCUT2D eigenvalue weighted by atomic mass is 10.1. The average molecular weight is 342 g/mol. The van der Waals surface area contributed by atoms with Crippen LogP contribution in [0, 0.1) is 5.92 Å². The third-order valence-electron chi connectivity index (χ3n) is 4.83. The first-order chi connectivity index (χ1) is 12.1. The quantitative estimate of drug-likeness (QED) is 0.862. The van der Waals surface area contributed by atoms with Crippen LogP contribution in [0.3, 0.4) is 0 Å². The molecule has 1 aliphatic rings. The number of amides is 1. The van der Waals surface area contributed by atoms with Gasteiger partial charge in [0.15, 0.2) is 0 Å². The fourth-order valence-corrected chi connectivity index (χ4v) is 3.63. The average Bonchev–Trinajstić information content (AvgIpc) is 2.91. The predicted molar refractivity (Wildman–Crippen MR) is 103 cm³/mol. The molecule has 5 nitrogen and oxygen atoms in total. The number of fused-ring (bicyclic) bond motifs is 1. The van der Waals surface area contributed by atoms with Crippen molar-refractivity contribution in [1.29, 1.82) is 0 Å². The summed E-state index contributed by atoms with van der Waals surface area (Å²) in [6, 6.07) is 6.06. The van der Waals surface area contributed by atoms with Crippen LogP contribution >= 0.6 is 0 Å². The molecule has 0 atom stereocenters. The molecule has 1 aromatic carbocycles. The molecule has 2 heterocycles. The van der Waals surface area contributed by atoms with Gasteiger partial charge in [-0.25, -0.2) is 4.98 Å². The molecular formula is C20H30N4O. The minimum absolute atomic E-state index is 0.0674. The summed E-state index contributed by atoms with van der Waals surface area (Å²) in [6.07, 6.45) is 4.47. The maximum absolute atomic E-state index is 12.0. The standard InChI is InChI=1S/C20H30N4O/c1-4-24-18-9-8-16(21-20(25)12-15(2)3)13-17(18)22-19(24)14-23-10-6-5-7-11-23/h8-9,13,15H,4-7,10-12,14H2,1-3H3,(H,21,25). The summed E-state index contributed by atoms with van der Waals surface area (Å²) in [5, 5.41) is 2.99. The monoisotopic (exact) mass is 342 g/mol. The number of benzene rings is 1. The molecule has 1 N–H and O–H groups in total. The number of carbonyl (C=O) groups excluding carboxylic acids is 1. The van der Waals surface area contributed by atoms with Gasteiger partial charge in [-0.1, -0.05) is 20.3 Å². The van der Waals surface area contributed by atoms with Crippen molar-refractivity contribution in [3.63, 3.8) is 0 Å². The summed E-state index contributed by atoms with van der Waals surface area (Å²) in [4.78, 5) is 19.4. The second kappa shape index (κ2) is 8.00. The number of anilines is 1. The number of hydrogen-bond donors (Lipinski definition) is 1. The smallest absolute Gasteiger partial charge is 0.224 e. The molecule has 1 aromatic heterocycles. The van der Waals surface area contributed by atoms with Gasteiger partial charge in [-0.2, -0.15) is 0 Å². The van der Waals surface area contributed by atoms with E-state index in [1.807, 2.05) is 12.1 Å². The van der Waals surface area contributed by atoms with Gasteiger partial charge in [0, 0.05) is 18.7 Å². The number of piperidine rings is 1. The Morgan fingerprint density at radius 1 is 1.24 bits per heavy atom. The third-order valence-corrected chi connectivity index (χ3v) is 4.83. The Morgan fingerprint density at radius 3 is 2.68 bits per heavy atom. The number of nitrogens with one attached hydrogen (secondary N) is 1. The molecule has 0 unspecified atom stereocenters. The Bertz CT molecular complexity index is 729. The van der Waals surface area contributed by atoms with Crippen molar-refractivity contribution < 1.29 is 4.79 Å². The first-order valence-corrected chi connectivity index (χ1v) is 9.58. The van der Waals surface area contributed by atoms with Gasteiger partial charge in [-0.05, 0) is 57.0 Å². The molecule has 1 fully saturated rings. The van der Waals surface area contributed by atoms with Gasteiger partial charge in [0.05, 0.1) is 17.6 Å². The second-order valence-electron chi connectivity index (χ2n) is 7.46. The van der Waals surface area contributed by atoms with Gasteiger partial charge in [0.2, 0.25) is 5.91 Å². The van der Waals surface area contributed by atoms with Crippen LogP contribution in [0.2, 0.25) is 0 Å². The number of aromatic nitrogens is 2. The zero-order chi connectivity index (χ0) is 17.8. The van der Waals surface area contributed by atoms with Crippen molar-refractivity contribution in [1.82, 2.24) is 14.5 Å². The molecule has 3 rings (SSSR count). The summed E-state index contributed by atoms with van der Waals surface area (Å²) >= 11 is 0. The number of aryl methyl sites for hydroxylation is 1. The fraction of sp³-hybridized carbons (Fsp3) is 0.600. The number of rotatable bonds is 6. The van der Waals surface area contributed by atoms with E-state index in [4.69, 9.17) is 4.98 Å². The van der Waals surface area contributed by atoms with E-state index in [0.29, 0.717) is 12.3 Å². The topological polar surface area (TPSA) is 50.2 Å². The highest BCUT2D eigenvalue weighted by atomic mass is 16.1. The highest BCUT2D eigenvalue weighted by molar-refractivity contribution is 5.93.